The lowest BCUT2D eigenvalue weighted by Crippen LogP contribution is -2.17. The molecular weight excluding hydrogens is 175 g/mol. The summed E-state index contributed by atoms with van der Waals surface area (Å²) in [5.41, 5.74) is 0. The number of allylic oxidation sites excluding steroid dienone is 2. The fourth-order valence-corrected chi connectivity index (χ4v) is 0.923. The summed E-state index contributed by atoms with van der Waals surface area (Å²) in [5.74, 6) is 6.06. The zero-order chi connectivity index (χ0) is 10.6. The van der Waals surface area contributed by atoms with Crippen LogP contribution in [0.1, 0.15) is 26.2 Å². The quantitative estimate of drug-likeness (QED) is 0.367. The molecule has 0 spiro atoms. The van der Waals surface area contributed by atoms with Gasteiger partial charge >= 0.3 is 7.12 Å². The maximum absolute atomic E-state index is 5.02. The van der Waals surface area contributed by atoms with E-state index < -0.39 is 0 Å². The van der Waals surface area contributed by atoms with Crippen LogP contribution in [0.15, 0.2) is 12.2 Å². The van der Waals surface area contributed by atoms with Crippen LogP contribution in [0.2, 0.25) is 6.32 Å². The second-order valence-electron chi connectivity index (χ2n) is 2.96. The maximum atomic E-state index is 5.02. The van der Waals surface area contributed by atoms with Gasteiger partial charge in [0.15, 0.2) is 0 Å². The van der Waals surface area contributed by atoms with Gasteiger partial charge in [-0.25, -0.2) is 0 Å². The number of hydrogen-bond acceptors (Lipinski definition) is 2. The minimum atomic E-state index is -0.149. The van der Waals surface area contributed by atoms with Crippen LogP contribution in [0.5, 0.6) is 0 Å². The predicted octanol–water partition coefficient (Wildman–Crippen LogP) is 2.52. The van der Waals surface area contributed by atoms with Crippen molar-refractivity contribution in [3.63, 3.8) is 0 Å². The Kier molecular flexibility index (Phi) is 9.84. The van der Waals surface area contributed by atoms with Gasteiger partial charge in [-0.3, -0.25) is 0 Å². The SMILES string of the molecule is CCCCC#C/C=C\CB(OC)OC. The minimum absolute atomic E-state index is 0.149. The third-order valence-electron chi connectivity index (χ3n) is 1.81. The molecule has 0 saturated heterocycles. The third kappa shape index (κ3) is 7.91. The lowest BCUT2D eigenvalue weighted by molar-refractivity contribution is 0.281. The van der Waals surface area contributed by atoms with Crippen LogP contribution in [0.25, 0.3) is 0 Å². The van der Waals surface area contributed by atoms with E-state index in [9.17, 15) is 0 Å². The van der Waals surface area contributed by atoms with Crippen molar-refractivity contribution >= 4 is 7.12 Å². The first kappa shape index (κ1) is 13.3. The van der Waals surface area contributed by atoms with E-state index in [0.717, 1.165) is 12.7 Å². The molecule has 0 fully saturated rings. The van der Waals surface area contributed by atoms with Crippen LogP contribution < -0.4 is 0 Å². The third-order valence-corrected chi connectivity index (χ3v) is 1.81. The van der Waals surface area contributed by atoms with Crippen LogP contribution in [0.3, 0.4) is 0 Å². The molecule has 0 aromatic carbocycles. The summed E-state index contributed by atoms with van der Waals surface area (Å²) in [5, 5.41) is 0. The first-order valence-electron chi connectivity index (χ1n) is 5.04. The van der Waals surface area contributed by atoms with Gasteiger partial charge in [-0.05, 0) is 12.5 Å². The second-order valence-corrected chi connectivity index (χ2v) is 2.96. The first-order chi connectivity index (χ1) is 6.85. The Hall–Kier alpha value is -0.715. The van der Waals surface area contributed by atoms with Crippen LogP contribution in [-0.4, -0.2) is 21.3 Å². The van der Waals surface area contributed by atoms with Crippen molar-refractivity contribution in [1.82, 2.24) is 0 Å². The van der Waals surface area contributed by atoms with Gasteiger partial charge in [0.05, 0.1) is 0 Å². The normalized spacial score (nSPS) is 9.93. The van der Waals surface area contributed by atoms with E-state index in [0.29, 0.717) is 0 Å². The Labute approximate surface area is 87.8 Å². The molecule has 0 aliphatic carbocycles. The van der Waals surface area contributed by atoms with Crippen molar-refractivity contribution < 1.29 is 9.31 Å². The van der Waals surface area contributed by atoms with E-state index in [1.165, 1.54) is 12.8 Å². The van der Waals surface area contributed by atoms with Crippen molar-refractivity contribution in [2.75, 3.05) is 14.2 Å². The highest BCUT2D eigenvalue weighted by Crippen LogP contribution is 1.95. The molecule has 2 nitrogen and oxygen atoms in total. The van der Waals surface area contributed by atoms with Gasteiger partial charge in [0, 0.05) is 27.0 Å². The molecule has 78 valence electrons. The van der Waals surface area contributed by atoms with E-state index >= 15 is 0 Å². The van der Waals surface area contributed by atoms with Gasteiger partial charge < -0.3 is 9.31 Å². The molecule has 0 aliphatic heterocycles. The summed E-state index contributed by atoms with van der Waals surface area (Å²) in [4.78, 5) is 0. The monoisotopic (exact) mass is 194 g/mol. The summed E-state index contributed by atoms with van der Waals surface area (Å²) in [7, 11) is 3.12. The molecule has 0 radical (unpaired) electrons. The molecule has 14 heavy (non-hydrogen) atoms. The van der Waals surface area contributed by atoms with Gasteiger partial charge in [-0.2, -0.15) is 0 Å². The summed E-state index contributed by atoms with van der Waals surface area (Å²) in [6.45, 7) is 2.17. The fraction of sp³-hybridized carbons (Fsp3) is 0.636. The average Bonchev–Trinajstić information content (AvgIpc) is 2.22. The molecule has 0 aromatic rings. The van der Waals surface area contributed by atoms with Crippen LogP contribution in [0.4, 0.5) is 0 Å². The summed E-state index contributed by atoms with van der Waals surface area (Å²) in [6, 6.07) is 0. The van der Waals surface area contributed by atoms with Crippen molar-refractivity contribution in [3.8, 4) is 11.8 Å². The lowest BCUT2D eigenvalue weighted by Gasteiger charge is -2.03. The molecule has 0 heterocycles. The van der Waals surface area contributed by atoms with E-state index in [1.807, 2.05) is 12.2 Å². The standard InChI is InChI=1S/C11H19BO2/c1-4-5-6-7-8-9-10-11-12(13-2)14-3/h9-10H,4-6,11H2,1-3H3/b10-9-. The van der Waals surface area contributed by atoms with E-state index in [2.05, 4.69) is 18.8 Å². The zero-order valence-electron chi connectivity index (χ0n) is 9.38. The highest BCUT2D eigenvalue weighted by molar-refractivity contribution is 6.44. The molecule has 3 heteroatoms. The summed E-state index contributed by atoms with van der Waals surface area (Å²) in [6.07, 6.45) is 7.94. The lowest BCUT2D eigenvalue weighted by atomic mass is 9.85. The van der Waals surface area contributed by atoms with Gasteiger partial charge in [0.2, 0.25) is 0 Å². The van der Waals surface area contributed by atoms with Crippen molar-refractivity contribution in [2.24, 2.45) is 0 Å². The average molecular weight is 194 g/mol. The van der Waals surface area contributed by atoms with Crippen molar-refractivity contribution in [2.45, 2.75) is 32.5 Å². The van der Waals surface area contributed by atoms with Crippen LogP contribution in [0, 0.1) is 11.8 Å². The Bertz CT molecular complexity index is 199. The second kappa shape index (κ2) is 10.4. The summed E-state index contributed by atoms with van der Waals surface area (Å²) < 4.78 is 10.0. The molecule has 0 atom stereocenters. The zero-order valence-corrected chi connectivity index (χ0v) is 9.38. The maximum Gasteiger partial charge on any atom is 0.460 e. The van der Waals surface area contributed by atoms with Crippen molar-refractivity contribution in [3.05, 3.63) is 12.2 Å². The fourth-order valence-electron chi connectivity index (χ4n) is 0.923. The number of hydrogen-bond donors (Lipinski definition) is 0. The number of unbranched alkanes of at least 4 members (excludes halogenated alkanes) is 2. The summed E-state index contributed by atoms with van der Waals surface area (Å²) >= 11 is 0. The molecule has 0 saturated carbocycles. The molecule has 0 rings (SSSR count). The molecule has 0 amide bonds. The molecule has 0 aliphatic rings. The predicted molar refractivity (Wildman–Crippen MR) is 61.0 cm³/mol. The van der Waals surface area contributed by atoms with Gasteiger partial charge in [0.1, 0.15) is 0 Å². The topological polar surface area (TPSA) is 18.5 Å². The first-order valence-corrected chi connectivity index (χ1v) is 5.04. The van der Waals surface area contributed by atoms with Crippen LogP contribution in [-0.2, 0) is 9.31 Å². The van der Waals surface area contributed by atoms with Gasteiger partial charge in [0.25, 0.3) is 0 Å². The molecule has 0 unspecified atom stereocenters. The molecule has 0 bridgehead atoms. The smallest absolute Gasteiger partial charge is 0.414 e. The van der Waals surface area contributed by atoms with E-state index in [4.69, 9.17) is 9.31 Å². The molecular formula is C11H19BO2. The number of rotatable bonds is 6. The highest BCUT2D eigenvalue weighted by Gasteiger charge is 2.10. The molecule has 0 aromatic heterocycles. The van der Waals surface area contributed by atoms with E-state index in [-0.39, 0.29) is 7.12 Å². The highest BCUT2D eigenvalue weighted by atomic mass is 16.6. The molecule has 0 N–H and O–H groups in total. The Balaban J connectivity index is 3.54. The van der Waals surface area contributed by atoms with Crippen molar-refractivity contribution in [1.29, 1.82) is 0 Å². The largest absolute Gasteiger partial charge is 0.460 e. The van der Waals surface area contributed by atoms with Crippen LogP contribution >= 0.6 is 0 Å². The van der Waals surface area contributed by atoms with Gasteiger partial charge in [-0.1, -0.05) is 31.3 Å². The minimum Gasteiger partial charge on any atom is -0.414 e. The Morgan fingerprint density at radius 3 is 2.57 bits per heavy atom. The Morgan fingerprint density at radius 1 is 1.29 bits per heavy atom. The Morgan fingerprint density at radius 2 is 2.00 bits per heavy atom. The van der Waals surface area contributed by atoms with Gasteiger partial charge in [-0.15, -0.1) is 0 Å². The van der Waals surface area contributed by atoms with E-state index in [1.54, 1.807) is 14.2 Å².